The van der Waals surface area contributed by atoms with Gasteiger partial charge in [0.2, 0.25) is 0 Å². The largest absolute Gasteiger partial charge is 0.469 e. The van der Waals surface area contributed by atoms with Gasteiger partial charge in [-0.1, -0.05) is 12.8 Å². The van der Waals surface area contributed by atoms with Crippen molar-refractivity contribution in [3.05, 3.63) is 0 Å². The zero-order chi connectivity index (χ0) is 17.9. The van der Waals surface area contributed by atoms with E-state index in [0.717, 1.165) is 38.4 Å². The minimum atomic E-state index is -0.0729. The van der Waals surface area contributed by atoms with Crippen molar-refractivity contribution < 1.29 is 9.53 Å². The van der Waals surface area contributed by atoms with E-state index in [1.165, 1.54) is 65.3 Å². The van der Waals surface area contributed by atoms with Gasteiger partial charge < -0.3 is 19.9 Å². The SMILES string of the molecule is CN=C(NCCCCCN1CCCCC1)N1CCC(C(=O)OC)CC1. The molecule has 6 nitrogen and oxygen atoms in total. The molecule has 0 aromatic rings. The van der Waals surface area contributed by atoms with E-state index in [9.17, 15) is 4.79 Å². The fourth-order valence-corrected chi connectivity index (χ4v) is 3.85. The van der Waals surface area contributed by atoms with Crippen molar-refractivity contribution in [1.29, 1.82) is 0 Å². The Kier molecular flexibility index (Phi) is 9.08. The Morgan fingerprint density at radius 2 is 1.80 bits per heavy atom. The second kappa shape index (κ2) is 11.3. The molecule has 2 rings (SSSR count). The lowest BCUT2D eigenvalue weighted by Gasteiger charge is -2.33. The second-order valence-electron chi connectivity index (χ2n) is 7.22. The van der Waals surface area contributed by atoms with Gasteiger partial charge in [-0.05, 0) is 58.2 Å². The zero-order valence-electron chi connectivity index (χ0n) is 16.1. The van der Waals surface area contributed by atoms with Crippen LogP contribution in [0.3, 0.4) is 0 Å². The predicted octanol–water partition coefficient (Wildman–Crippen LogP) is 2.10. The molecule has 2 aliphatic rings. The Morgan fingerprint density at radius 3 is 2.44 bits per heavy atom. The fraction of sp³-hybridized carbons (Fsp3) is 0.895. The Balaban J connectivity index is 1.55. The number of piperidine rings is 2. The summed E-state index contributed by atoms with van der Waals surface area (Å²) in [5.41, 5.74) is 0. The van der Waals surface area contributed by atoms with Crippen LogP contribution < -0.4 is 5.32 Å². The van der Waals surface area contributed by atoms with Crippen molar-refractivity contribution in [2.45, 2.75) is 51.4 Å². The summed E-state index contributed by atoms with van der Waals surface area (Å²) in [4.78, 5) is 20.9. The van der Waals surface area contributed by atoms with Gasteiger partial charge >= 0.3 is 5.97 Å². The zero-order valence-corrected chi connectivity index (χ0v) is 16.1. The van der Waals surface area contributed by atoms with Crippen LogP contribution in [0.25, 0.3) is 0 Å². The summed E-state index contributed by atoms with van der Waals surface area (Å²) >= 11 is 0. The average molecular weight is 353 g/mol. The molecule has 144 valence electrons. The maximum absolute atomic E-state index is 11.6. The third-order valence-corrected chi connectivity index (χ3v) is 5.42. The fourth-order valence-electron chi connectivity index (χ4n) is 3.85. The maximum atomic E-state index is 11.6. The first-order chi connectivity index (χ1) is 12.2. The lowest BCUT2D eigenvalue weighted by molar-refractivity contribution is -0.146. The summed E-state index contributed by atoms with van der Waals surface area (Å²) in [6.07, 6.45) is 9.62. The summed E-state index contributed by atoms with van der Waals surface area (Å²) in [5, 5.41) is 3.48. The number of unbranched alkanes of at least 4 members (excludes halogenated alkanes) is 2. The number of carbonyl (C=O) groups is 1. The number of nitrogens with zero attached hydrogens (tertiary/aromatic N) is 3. The molecule has 0 atom stereocenters. The van der Waals surface area contributed by atoms with Crippen molar-refractivity contribution in [3.8, 4) is 0 Å². The first-order valence-corrected chi connectivity index (χ1v) is 10.0. The highest BCUT2D eigenvalue weighted by Gasteiger charge is 2.26. The van der Waals surface area contributed by atoms with Crippen molar-refractivity contribution in [1.82, 2.24) is 15.1 Å². The average Bonchev–Trinajstić information content (AvgIpc) is 2.68. The third kappa shape index (κ3) is 6.84. The minimum absolute atomic E-state index is 0.0501. The van der Waals surface area contributed by atoms with Crippen molar-refractivity contribution >= 4 is 11.9 Å². The summed E-state index contributed by atoms with van der Waals surface area (Å²) < 4.78 is 4.85. The number of guanidine groups is 1. The number of ether oxygens (including phenoxy) is 1. The van der Waals surface area contributed by atoms with Gasteiger partial charge in [-0.2, -0.15) is 0 Å². The lowest BCUT2D eigenvalue weighted by Crippen LogP contribution is -2.46. The number of hydrogen-bond donors (Lipinski definition) is 1. The van der Waals surface area contributed by atoms with Gasteiger partial charge in [-0.15, -0.1) is 0 Å². The van der Waals surface area contributed by atoms with Crippen LogP contribution in [0.15, 0.2) is 4.99 Å². The summed E-state index contributed by atoms with van der Waals surface area (Å²) in [5.74, 6) is 0.949. The first-order valence-electron chi connectivity index (χ1n) is 10.0. The van der Waals surface area contributed by atoms with Crippen LogP contribution in [0.2, 0.25) is 0 Å². The molecule has 25 heavy (non-hydrogen) atoms. The van der Waals surface area contributed by atoms with E-state index in [0.29, 0.717) is 0 Å². The Labute approximate surface area is 153 Å². The number of rotatable bonds is 7. The van der Waals surface area contributed by atoms with E-state index in [1.54, 1.807) is 0 Å². The number of hydrogen-bond acceptors (Lipinski definition) is 4. The highest BCUT2D eigenvalue weighted by Crippen LogP contribution is 2.18. The van der Waals surface area contributed by atoms with Gasteiger partial charge in [0, 0.05) is 26.7 Å². The molecule has 0 bridgehead atoms. The monoisotopic (exact) mass is 352 g/mol. The molecule has 0 amide bonds. The van der Waals surface area contributed by atoms with Crippen molar-refractivity contribution in [2.24, 2.45) is 10.9 Å². The molecule has 0 aromatic carbocycles. The van der Waals surface area contributed by atoms with Crippen LogP contribution in [0.1, 0.15) is 51.4 Å². The molecule has 2 aliphatic heterocycles. The predicted molar refractivity (Wildman–Crippen MR) is 102 cm³/mol. The number of likely N-dealkylation sites (tertiary alicyclic amines) is 2. The van der Waals surface area contributed by atoms with Crippen LogP contribution in [0.4, 0.5) is 0 Å². The molecular weight excluding hydrogens is 316 g/mol. The smallest absolute Gasteiger partial charge is 0.308 e. The highest BCUT2D eigenvalue weighted by molar-refractivity contribution is 5.80. The first kappa shape index (κ1) is 20.0. The molecule has 0 radical (unpaired) electrons. The molecule has 2 fully saturated rings. The van der Waals surface area contributed by atoms with Gasteiger partial charge in [0.1, 0.15) is 0 Å². The molecule has 0 aromatic heterocycles. The number of nitrogens with one attached hydrogen (secondary N) is 1. The Morgan fingerprint density at radius 1 is 1.08 bits per heavy atom. The van der Waals surface area contributed by atoms with Crippen LogP contribution in [0, 0.1) is 5.92 Å². The van der Waals surface area contributed by atoms with E-state index >= 15 is 0 Å². The van der Waals surface area contributed by atoms with Crippen molar-refractivity contribution in [2.75, 3.05) is 53.4 Å². The Bertz CT molecular complexity index is 414. The van der Waals surface area contributed by atoms with E-state index in [4.69, 9.17) is 4.74 Å². The summed E-state index contributed by atoms with van der Waals surface area (Å²) in [7, 11) is 3.31. The Hall–Kier alpha value is -1.30. The van der Waals surface area contributed by atoms with Crippen molar-refractivity contribution in [3.63, 3.8) is 0 Å². The summed E-state index contributed by atoms with van der Waals surface area (Å²) in [6.45, 7) is 6.57. The number of esters is 1. The third-order valence-electron chi connectivity index (χ3n) is 5.42. The minimum Gasteiger partial charge on any atom is -0.469 e. The number of aliphatic imine (C=N–C) groups is 1. The molecule has 0 spiro atoms. The lowest BCUT2D eigenvalue weighted by atomic mass is 9.97. The van der Waals surface area contributed by atoms with Gasteiger partial charge in [-0.3, -0.25) is 9.79 Å². The van der Waals surface area contributed by atoms with Crippen LogP contribution in [-0.4, -0.2) is 75.2 Å². The quantitative estimate of drug-likeness (QED) is 0.329. The van der Waals surface area contributed by atoms with Gasteiger partial charge in [0.25, 0.3) is 0 Å². The molecule has 0 saturated carbocycles. The molecule has 2 saturated heterocycles. The molecule has 0 unspecified atom stereocenters. The highest BCUT2D eigenvalue weighted by atomic mass is 16.5. The molecular formula is C19H36N4O2. The van der Waals surface area contributed by atoms with Gasteiger partial charge in [0.15, 0.2) is 5.96 Å². The maximum Gasteiger partial charge on any atom is 0.308 e. The van der Waals surface area contributed by atoms with Crippen LogP contribution in [0.5, 0.6) is 0 Å². The van der Waals surface area contributed by atoms with E-state index in [1.807, 2.05) is 7.05 Å². The normalized spacial score (nSPS) is 20.6. The number of methoxy groups -OCH3 is 1. The van der Waals surface area contributed by atoms with E-state index < -0.39 is 0 Å². The molecule has 2 heterocycles. The molecule has 1 N–H and O–H groups in total. The molecule has 0 aliphatic carbocycles. The second-order valence-corrected chi connectivity index (χ2v) is 7.22. The number of carbonyl (C=O) groups excluding carboxylic acids is 1. The summed E-state index contributed by atoms with van der Waals surface area (Å²) in [6, 6.07) is 0. The van der Waals surface area contributed by atoms with Gasteiger partial charge in [-0.25, -0.2) is 0 Å². The van der Waals surface area contributed by atoms with Crippen LogP contribution >= 0.6 is 0 Å². The van der Waals surface area contributed by atoms with Crippen LogP contribution in [-0.2, 0) is 9.53 Å². The van der Waals surface area contributed by atoms with Gasteiger partial charge in [0.05, 0.1) is 13.0 Å². The molecule has 6 heteroatoms. The topological polar surface area (TPSA) is 57.2 Å². The van der Waals surface area contributed by atoms with E-state index in [2.05, 4.69) is 20.1 Å². The standard InChI is InChI=1S/C19H36N4O2/c1-20-19(23-15-9-17(10-16-23)18(24)25-2)21-11-5-3-6-12-22-13-7-4-8-14-22/h17H,3-16H2,1-2H3,(H,20,21). The van der Waals surface area contributed by atoms with E-state index in [-0.39, 0.29) is 11.9 Å².